The third-order valence-corrected chi connectivity index (χ3v) is 7.01. The Morgan fingerprint density at radius 1 is 1.00 bits per heavy atom. The maximum absolute atomic E-state index is 12.2. The van der Waals surface area contributed by atoms with Crippen LogP contribution < -0.4 is 15.4 Å². The van der Waals surface area contributed by atoms with Gasteiger partial charge in [-0.1, -0.05) is 48.5 Å². The summed E-state index contributed by atoms with van der Waals surface area (Å²) in [4.78, 5) is 18.8. The van der Waals surface area contributed by atoms with Crippen molar-refractivity contribution in [2.45, 2.75) is 45.5 Å². The molecule has 1 aromatic heterocycles. The molecule has 1 aliphatic heterocycles. The highest BCUT2D eigenvalue weighted by molar-refractivity contribution is 5.89. The summed E-state index contributed by atoms with van der Waals surface area (Å²) in [6.07, 6.45) is 6.02. The number of nitrogens with one attached hydrogen (secondary N) is 2. The van der Waals surface area contributed by atoms with Crippen molar-refractivity contribution in [3.8, 4) is 16.9 Å². The van der Waals surface area contributed by atoms with Crippen LogP contribution in [0, 0.1) is 0 Å². The first kappa shape index (κ1) is 25.5. The number of pyridine rings is 1. The van der Waals surface area contributed by atoms with E-state index in [1.54, 1.807) is 12.4 Å². The fraction of sp³-hybridized carbons (Fsp3) is 0.250. The Kier molecular flexibility index (Phi) is 8.31. The molecule has 0 radical (unpaired) electrons. The van der Waals surface area contributed by atoms with Gasteiger partial charge in [-0.2, -0.15) is 0 Å². The zero-order valence-electron chi connectivity index (χ0n) is 21.8. The summed E-state index contributed by atoms with van der Waals surface area (Å²) >= 11 is 0. The van der Waals surface area contributed by atoms with Crippen LogP contribution in [0.4, 0.5) is 10.5 Å². The van der Waals surface area contributed by atoms with Crippen molar-refractivity contribution in [2.24, 2.45) is 0 Å². The van der Waals surface area contributed by atoms with Gasteiger partial charge in [0.1, 0.15) is 12.4 Å². The zero-order valence-corrected chi connectivity index (χ0v) is 21.8. The highest BCUT2D eigenvalue weighted by Crippen LogP contribution is 2.28. The first-order valence-corrected chi connectivity index (χ1v) is 13.2. The van der Waals surface area contributed by atoms with Crippen LogP contribution in [0.25, 0.3) is 11.1 Å². The number of aromatic nitrogens is 1. The Labute approximate surface area is 224 Å². The summed E-state index contributed by atoms with van der Waals surface area (Å²) in [6.45, 7) is 5.38. The lowest BCUT2D eigenvalue weighted by Crippen LogP contribution is -2.28. The number of benzene rings is 3. The van der Waals surface area contributed by atoms with E-state index in [2.05, 4.69) is 76.0 Å². The molecule has 0 spiro atoms. The van der Waals surface area contributed by atoms with Crippen LogP contribution in [0.3, 0.4) is 0 Å². The number of rotatable bonds is 9. The molecule has 38 heavy (non-hydrogen) atoms. The van der Waals surface area contributed by atoms with E-state index in [9.17, 15) is 4.79 Å². The van der Waals surface area contributed by atoms with Gasteiger partial charge in [0, 0.05) is 37.2 Å². The minimum atomic E-state index is -0.266. The van der Waals surface area contributed by atoms with E-state index in [-0.39, 0.29) is 6.03 Å². The van der Waals surface area contributed by atoms with Crippen molar-refractivity contribution in [3.63, 3.8) is 0 Å². The largest absolute Gasteiger partial charge is 0.489 e. The number of ether oxygens (including phenoxy) is 1. The van der Waals surface area contributed by atoms with Crippen LogP contribution >= 0.6 is 0 Å². The molecule has 0 aliphatic carbocycles. The maximum Gasteiger partial charge on any atom is 0.319 e. The van der Waals surface area contributed by atoms with Crippen molar-refractivity contribution in [1.29, 1.82) is 0 Å². The number of carbonyl (C=O) groups excluding carboxylic acids is 1. The van der Waals surface area contributed by atoms with Crippen molar-refractivity contribution in [1.82, 2.24) is 15.2 Å². The first-order valence-electron chi connectivity index (χ1n) is 13.2. The molecule has 4 aromatic rings. The fourth-order valence-corrected chi connectivity index (χ4v) is 4.88. The van der Waals surface area contributed by atoms with Crippen molar-refractivity contribution in [3.05, 3.63) is 114 Å². The average molecular weight is 507 g/mol. The van der Waals surface area contributed by atoms with Crippen LogP contribution in [0.2, 0.25) is 0 Å². The van der Waals surface area contributed by atoms with Gasteiger partial charge in [-0.25, -0.2) is 4.79 Å². The van der Waals surface area contributed by atoms with Crippen LogP contribution in [-0.2, 0) is 19.7 Å². The lowest BCUT2D eigenvalue weighted by Gasteiger charge is -2.21. The Morgan fingerprint density at radius 3 is 2.63 bits per heavy atom. The molecule has 1 fully saturated rings. The zero-order chi connectivity index (χ0) is 26.2. The monoisotopic (exact) mass is 506 g/mol. The third-order valence-electron chi connectivity index (χ3n) is 7.01. The topological polar surface area (TPSA) is 66.5 Å². The van der Waals surface area contributed by atoms with Crippen LogP contribution in [0.15, 0.2) is 97.3 Å². The first-order chi connectivity index (χ1) is 18.6. The summed E-state index contributed by atoms with van der Waals surface area (Å²) in [5, 5.41) is 5.68. The molecule has 1 atom stereocenters. The second kappa shape index (κ2) is 12.4. The molecular weight excluding hydrogens is 472 g/mol. The SMILES string of the molecule is CC1CCCN1Cc1cccc(-c2ccccc2COc2ccc(NC(=O)NCc3cccnc3)cc2)c1. The van der Waals surface area contributed by atoms with Gasteiger partial charge in [-0.15, -0.1) is 0 Å². The fourth-order valence-electron chi connectivity index (χ4n) is 4.88. The van der Waals surface area contributed by atoms with E-state index in [0.717, 1.165) is 23.4 Å². The summed E-state index contributed by atoms with van der Waals surface area (Å²) < 4.78 is 6.13. The summed E-state index contributed by atoms with van der Waals surface area (Å²) in [5.41, 5.74) is 6.53. The maximum atomic E-state index is 12.2. The van der Waals surface area contributed by atoms with Gasteiger partial charge < -0.3 is 15.4 Å². The molecule has 1 unspecified atom stereocenters. The van der Waals surface area contributed by atoms with E-state index >= 15 is 0 Å². The van der Waals surface area contributed by atoms with Gasteiger partial charge in [-0.05, 0) is 90.5 Å². The molecule has 194 valence electrons. The number of nitrogens with zero attached hydrogens (tertiary/aromatic N) is 2. The molecular formula is C32H34N4O2. The van der Waals surface area contributed by atoms with Crippen molar-refractivity contribution < 1.29 is 9.53 Å². The van der Waals surface area contributed by atoms with Gasteiger partial charge in [-0.3, -0.25) is 9.88 Å². The van der Waals surface area contributed by atoms with Gasteiger partial charge >= 0.3 is 6.03 Å². The van der Waals surface area contributed by atoms with Gasteiger partial charge in [0.2, 0.25) is 0 Å². The van der Waals surface area contributed by atoms with Crippen LogP contribution in [0.1, 0.15) is 36.5 Å². The summed E-state index contributed by atoms with van der Waals surface area (Å²) in [5.74, 6) is 0.748. The summed E-state index contributed by atoms with van der Waals surface area (Å²) in [7, 11) is 0. The number of hydrogen-bond donors (Lipinski definition) is 2. The third kappa shape index (κ3) is 6.78. The second-order valence-electron chi connectivity index (χ2n) is 9.80. The molecule has 1 saturated heterocycles. The Morgan fingerprint density at radius 2 is 1.84 bits per heavy atom. The number of likely N-dealkylation sites (tertiary alicyclic amines) is 1. The molecule has 2 heterocycles. The summed E-state index contributed by atoms with van der Waals surface area (Å²) in [6, 6.07) is 28.9. The molecule has 6 heteroatoms. The van der Waals surface area contributed by atoms with Crippen molar-refractivity contribution in [2.75, 3.05) is 11.9 Å². The van der Waals surface area contributed by atoms with Crippen LogP contribution in [0.5, 0.6) is 5.75 Å². The molecule has 2 N–H and O–H groups in total. The van der Waals surface area contributed by atoms with E-state index < -0.39 is 0 Å². The number of urea groups is 1. The standard InChI is InChI=1S/C32H34N4O2/c1-24-7-6-18-36(24)22-25-8-4-11-27(19-25)31-12-3-2-10-28(31)23-38-30-15-13-29(14-16-30)35-32(37)34-21-26-9-5-17-33-20-26/h2-5,8-17,19-20,24H,6-7,18,21-23H2,1H3,(H2,34,35,37). The smallest absolute Gasteiger partial charge is 0.319 e. The average Bonchev–Trinajstić information content (AvgIpc) is 3.36. The second-order valence-corrected chi connectivity index (χ2v) is 9.80. The highest BCUT2D eigenvalue weighted by Gasteiger charge is 2.20. The molecule has 2 amide bonds. The van der Waals surface area contributed by atoms with Gasteiger partial charge in [0.05, 0.1) is 0 Å². The predicted molar refractivity (Wildman–Crippen MR) is 152 cm³/mol. The predicted octanol–water partition coefficient (Wildman–Crippen LogP) is 6.63. The van der Waals surface area contributed by atoms with E-state index in [0.29, 0.717) is 24.9 Å². The Hall–Kier alpha value is -4.16. The minimum Gasteiger partial charge on any atom is -0.489 e. The quantitative estimate of drug-likeness (QED) is 0.267. The van der Waals surface area contributed by atoms with E-state index in [1.807, 2.05) is 36.4 Å². The normalized spacial score (nSPS) is 15.2. The molecule has 6 nitrogen and oxygen atoms in total. The highest BCUT2D eigenvalue weighted by atomic mass is 16.5. The number of hydrogen-bond acceptors (Lipinski definition) is 4. The molecule has 1 aliphatic rings. The Bertz CT molecular complexity index is 1340. The van der Waals surface area contributed by atoms with E-state index in [4.69, 9.17) is 4.74 Å². The van der Waals surface area contributed by atoms with Crippen molar-refractivity contribution >= 4 is 11.7 Å². The van der Waals surface area contributed by atoms with E-state index in [1.165, 1.54) is 36.1 Å². The molecule has 0 saturated carbocycles. The Balaban J connectivity index is 1.18. The lowest BCUT2D eigenvalue weighted by atomic mass is 9.98. The molecule has 5 rings (SSSR count). The number of amides is 2. The van der Waals surface area contributed by atoms with Gasteiger partial charge in [0.25, 0.3) is 0 Å². The number of anilines is 1. The van der Waals surface area contributed by atoms with Crippen LogP contribution in [-0.4, -0.2) is 28.5 Å². The van der Waals surface area contributed by atoms with Gasteiger partial charge in [0.15, 0.2) is 0 Å². The number of carbonyl (C=O) groups is 1. The lowest BCUT2D eigenvalue weighted by molar-refractivity contribution is 0.251. The minimum absolute atomic E-state index is 0.266. The molecule has 3 aromatic carbocycles. The molecule has 0 bridgehead atoms.